The Kier molecular flexibility index (Phi) is 3.14. The third-order valence-corrected chi connectivity index (χ3v) is 5.21. The molecule has 2 nitrogen and oxygen atoms in total. The normalized spacial score (nSPS) is 46.0. The second-order valence-electron chi connectivity index (χ2n) is 7.04. The summed E-state index contributed by atoms with van der Waals surface area (Å²) in [7, 11) is 0. The number of carbonyl (C=O) groups excluding carboxylic acids is 1. The van der Waals surface area contributed by atoms with Crippen LogP contribution in [0.25, 0.3) is 0 Å². The third kappa shape index (κ3) is 2.05. The lowest BCUT2D eigenvalue weighted by Crippen LogP contribution is -2.49. The summed E-state index contributed by atoms with van der Waals surface area (Å²) in [5.41, 5.74) is -0.449. The molecule has 2 heteroatoms. The van der Waals surface area contributed by atoms with Crippen molar-refractivity contribution < 1.29 is 9.90 Å². The van der Waals surface area contributed by atoms with E-state index in [1.807, 2.05) is 20.8 Å². The third-order valence-electron chi connectivity index (χ3n) is 5.21. The molecule has 0 aromatic carbocycles. The molecule has 0 amide bonds. The van der Waals surface area contributed by atoms with E-state index in [1.54, 1.807) is 0 Å². The predicted molar refractivity (Wildman–Crippen MR) is 68.6 cm³/mol. The van der Waals surface area contributed by atoms with Gasteiger partial charge in [0.1, 0.15) is 5.78 Å². The van der Waals surface area contributed by atoms with Crippen LogP contribution in [0, 0.1) is 23.2 Å². The molecule has 4 atom stereocenters. The molecule has 0 aromatic heterocycles. The minimum Gasteiger partial charge on any atom is -0.390 e. The molecule has 0 saturated heterocycles. The van der Waals surface area contributed by atoms with E-state index in [9.17, 15) is 9.90 Å². The maximum absolute atomic E-state index is 12.3. The Morgan fingerprint density at radius 3 is 2.47 bits per heavy atom. The molecule has 2 rings (SSSR count). The molecule has 2 aliphatic carbocycles. The van der Waals surface area contributed by atoms with Crippen molar-refractivity contribution in [3.8, 4) is 0 Å². The van der Waals surface area contributed by atoms with E-state index >= 15 is 0 Å². The molecule has 0 aliphatic heterocycles. The van der Waals surface area contributed by atoms with Gasteiger partial charge in [-0.25, -0.2) is 0 Å². The van der Waals surface area contributed by atoms with Crippen molar-refractivity contribution >= 4 is 5.78 Å². The molecule has 0 spiro atoms. The first-order valence-corrected chi connectivity index (χ1v) is 7.04. The highest BCUT2D eigenvalue weighted by molar-refractivity contribution is 5.83. The average molecular weight is 238 g/mol. The molecule has 1 N–H and O–H groups in total. The number of aliphatic hydroxyl groups is 1. The van der Waals surface area contributed by atoms with Crippen LogP contribution < -0.4 is 0 Å². The van der Waals surface area contributed by atoms with Gasteiger partial charge >= 0.3 is 0 Å². The topological polar surface area (TPSA) is 37.3 Å². The monoisotopic (exact) mass is 238 g/mol. The maximum atomic E-state index is 12.3. The number of carbonyl (C=O) groups is 1. The van der Waals surface area contributed by atoms with Crippen LogP contribution in [0.15, 0.2) is 0 Å². The molecule has 2 saturated carbocycles. The summed E-state index contributed by atoms with van der Waals surface area (Å²) in [4.78, 5) is 12.3. The molecule has 0 heterocycles. The summed E-state index contributed by atoms with van der Waals surface area (Å²) < 4.78 is 0. The van der Waals surface area contributed by atoms with E-state index in [-0.39, 0.29) is 23.2 Å². The molecule has 17 heavy (non-hydrogen) atoms. The van der Waals surface area contributed by atoms with Gasteiger partial charge in [-0.3, -0.25) is 4.79 Å². The Morgan fingerprint density at radius 1 is 1.24 bits per heavy atom. The van der Waals surface area contributed by atoms with Gasteiger partial charge in [0.25, 0.3) is 0 Å². The largest absolute Gasteiger partial charge is 0.390 e. The van der Waals surface area contributed by atoms with E-state index in [0.29, 0.717) is 5.78 Å². The van der Waals surface area contributed by atoms with Crippen molar-refractivity contribution in [2.45, 2.75) is 65.4 Å². The minimum atomic E-state index is -0.640. The Bertz CT molecular complexity index is 319. The van der Waals surface area contributed by atoms with Crippen molar-refractivity contribution in [1.29, 1.82) is 0 Å². The predicted octanol–water partition coefficient (Wildman–Crippen LogP) is 3.18. The summed E-state index contributed by atoms with van der Waals surface area (Å²) in [5, 5.41) is 10.7. The summed E-state index contributed by atoms with van der Waals surface area (Å²) >= 11 is 0. The fourth-order valence-corrected chi connectivity index (χ4v) is 4.50. The lowest BCUT2D eigenvalue weighted by atomic mass is 9.60. The summed E-state index contributed by atoms with van der Waals surface area (Å²) in [6.45, 7) is 8.19. The Hall–Kier alpha value is -0.370. The fraction of sp³-hybridized carbons (Fsp3) is 0.933. The zero-order chi connectivity index (χ0) is 12.8. The van der Waals surface area contributed by atoms with Crippen LogP contribution in [0.4, 0.5) is 0 Å². The van der Waals surface area contributed by atoms with E-state index in [2.05, 4.69) is 6.92 Å². The lowest BCUT2D eigenvalue weighted by molar-refractivity contribution is -0.139. The molecule has 98 valence electrons. The maximum Gasteiger partial charge on any atom is 0.138 e. The van der Waals surface area contributed by atoms with Gasteiger partial charge in [0.15, 0.2) is 0 Å². The van der Waals surface area contributed by atoms with E-state index in [0.717, 1.165) is 25.7 Å². The quantitative estimate of drug-likeness (QED) is 0.802. The highest BCUT2D eigenvalue weighted by Crippen LogP contribution is 2.58. The van der Waals surface area contributed by atoms with Gasteiger partial charge in [-0.05, 0) is 38.0 Å². The molecule has 0 unspecified atom stereocenters. The van der Waals surface area contributed by atoms with Gasteiger partial charge in [-0.15, -0.1) is 0 Å². The summed E-state index contributed by atoms with van der Waals surface area (Å²) in [5.74, 6) is 0.731. The lowest BCUT2D eigenvalue weighted by Gasteiger charge is -2.48. The molecule has 2 fully saturated rings. The molecule has 0 aromatic rings. The van der Waals surface area contributed by atoms with Crippen molar-refractivity contribution in [2.24, 2.45) is 23.2 Å². The van der Waals surface area contributed by atoms with Crippen molar-refractivity contribution in [1.82, 2.24) is 0 Å². The second kappa shape index (κ2) is 4.08. The Balaban J connectivity index is 2.30. The SMILES string of the molecule is CC(C)C(=O)[C@H]1CC[C@@]2(C)CCC[C@@](C)(O)[C@H]12. The number of ketones is 1. The van der Waals surface area contributed by atoms with Gasteiger partial charge in [0.05, 0.1) is 5.60 Å². The van der Waals surface area contributed by atoms with E-state index < -0.39 is 5.60 Å². The van der Waals surface area contributed by atoms with Crippen LogP contribution in [0.1, 0.15) is 59.8 Å². The molecule has 0 radical (unpaired) electrons. The zero-order valence-electron chi connectivity index (χ0n) is 11.6. The summed E-state index contributed by atoms with van der Waals surface area (Å²) in [6.07, 6.45) is 5.22. The van der Waals surface area contributed by atoms with Crippen molar-refractivity contribution in [2.75, 3.05) is 0 Å². The average Bonchev–Trinajstić information content (AvgIpc) is 2.55. The first kappa shape index (κ1) is 13.1. The molecular formula is C15H26O2. The standard InChI is InChI=1S/C15H26O2/c1-10(2)12(16)11-6-9-14(3)7-5-8-15(4,17)13(11)14/h10-11,13,17H,5-9H2,1-4H3/t11-,13-,14-,15-/m1/s1. The zero-order valence-corrected chi connectivity index (χ0v) is 11.6. The number of rotatable bonds is 2. The van der Waals surface area contributed by atoms with Crippen LogP contribution in [0.5, 0.6) is 0 Å². The van der Waals surface area contributed by atoms with Crippen LogP contribution in [0.2, 0.25) is 0 Å². The number of hydrogen-bond acceptors (Lipinski definition) is 2. The van der Waals surface area contributed by atoms with E-state index in [4.69, 9.17) is 0 Å². The van der Waals surface area contributed by atoms with Crippen LogP contribution in [0.3, 0.4) is 0 Å². The van der Waals surface area contributed by atoms with Gasteiger partial charge in [0.2, 0.25) is 0 Å². The second-order valence-corrected chi connectivity index (χ2v) is 7.04. The van der Waals surface area contributed by atoms with Gasteiger partial charge in [-0.2, -0.15) is 0 Å². The smallest absolute Gasteiger partial charge is 0.138 e. The van der Waals surface area contributed by atoms with Crippen molar-refractivity contribution in [3.63, 3.8) is 0 Å². The molecular weight excluding hydrogens is 212 g/mol. The number of fused-ring (bicyclic) bond motifs is 1. The van der Waals surface area contributed by atoms with E-state index in [1.165, 1.54) is 6.42 Å². The van der Waals surface area contributed by atoms with Gasteiger partial charge < -0.3 is 5.11 Å². The summed E-state index contributed by atoms with van der Waals surface area (Å²) in [6, 6.07) is 0. The van der Waals surface area contributed by atoms with Crippen LogP contribution >= 0.6 is 0 Å². The molecule has 0 bridgehead atoms. The first-order chi connectivity index (χ1) is 7.78. The Morgan fingerprint density at radius 2 is 1.88 bits per heavy atom. The van der Waals surface area contributed by atoms with Gasteiger partial charge in [0, 0.05) is 17.8 Å². The number of Topliss-reactive ketones (excluding diaryl/α,β-unsaturated/α-hetero) is 1. The Labute approximate surface area is 105 Å². The molecule has 2 aliphatic rings. The van der Waals surface area contributed by atoms with Crippen LogP contribution in [-0.4, -0.2) is 16.5 Å². The van der Waals surface area contributed by atoms with Crippen LogP contribution in [-0.2, 0) is 4.79 Å². The highest BCUT2D eigenvalue weighted by atomic mass is 16.3. The van der Waals surface area contributed by atoms with Gasteiger partial charge in [-0.1, -0.05) is 27.2 Å². The highest BCUT2D eigenvalue weighted by Gasteiger charge is 2.56. The minimum absolute atomic E-state index is 0.0929. The first-order valence-electron chi connectivity index (χ1n) is 7.04. The fourth-order valence-electron chi connectivity index (χ4n) is 4.50. The number of hydrogen-bond donors (Lipinski definition) is 1. The van der Waals surface area contributed by atoms with Crippen molar-refractivity contribution in [3.05, 3.63) is 0 Å².